The van der Waals surface area contributed by atoms with Gasteiger partial charge >= 0.3 is 0 Å². The van der Waals surface area contributed by atoms with Crippen molar-refractivity contribution in [2.75, 3.05) is 33.8 Å². The molecule has 1 N–H and O–H groups in total. The summed E-state index contributed by atoms with van der Waals surface area (Å²) in [5.41, 5.74) is 1.26. The molecule has 3 nitrogen and oxygen atoms in total. The Bertz CT molecular complexity index is 328. The molecule has 0 saturated carbocycles. The molecule has 1 atom stereocenters. The van der Waals surface area contributed by atoms with Gasteiger partial charge in [0.2, 0.25) is 0 Å². The first-order valence-electron chi connectivity index (χ1n) is 6.27. The first kappa shape index (κ1) is 14.0. The Balaban J connectivity index is 2.76. The molecule has 0 fully saturated rings. The van der Waals surface area contributed by atoms with Crippen LogP contribution >= 0.6 is 0 Å². The summed E-state index contributed by atoms with van der Waals surface area (Å²) in [5, 5.41) is 3.17. The minimum atomic E-state index is 0.367. The number of likely N-dealkylation sites (N-methyl/N-ethyl adjacent to an activating group) is 2. The van der Waals surface area contributed by atoms with Gasteiger partial charge in [-0.2, -0.15) is 0 Å². The fourth-order valence-corrected chi connectivity index (χ4v) is 1.83. The number of rotatable bonds is 7. The third-order valence-electron chi connectivity index (χ3n) is 3.04. The highest BCUT2D eigenvalue weighted by Gasteiger charge is 2.15. The van der Waals surface area contributed by atoms with Gasteiger partial charge in [0.05, 0.1) is 6.61 Å². The Hall–Kier alpha value is -1.06. The lowest BCUT2D eigenvalue weighted by Gasteiger charge is -2.26. The van der Waals surface area contributed by atoms with Gasteiger partial charge in [0.1, 0.15) is 5.75 Å². The summed E-state index contributed by atoms with van der Waals surface area (Å²) in [6, 6.07) is 8.65. The quantitative estimate of drug-likeness (QED) is 0.786. The second-order valence-electron chi connectivity index (χ2n) is 4.23. The van der Waals surface area contributed by atoms with Crippen molar-refractivity contribution >= 4 is 0 Å². The number of hydrogen-bond donors (Lipinski definition) is 1. The van der Waals surface area contributed by atoms with Crippen molar-refractivity contribution in [1.29, 1.82) is 0 Å². The maximum absolute atomic E-state index is 5.67. The highest BCUT2D eigenvalue weighted by molar-refractivity contribution is 5.35. The molecule has 0 spiro atoms. The molecule has 0 bridgehead atoms. The van der Waals surface area contributed by atoms with Crippen LogP contribution in [-0.2, 0) is 0 Å². The van der Waals surface area contributed by atoms with Crippen LogP contribution in [0.1, 0.15) is 25.5 Å². The van der Waals surface area contributed by atoms with Crippen molar-refractivity contribution in [3.8, 4) is 5.75 Å². The third kappa shape index (κ3) is 4.02. The molecule has 0 heterocycles. The van der Waals surface area contributed by atoms with E-state index in [4.69, 9.17) is 4.74 Å². The number of ether oxygens (including phenoxy) is 1. The predicted molar refractivity (Wildman–Crippen MR) is 72.6 cm³/mol. The first-order valence-corrected chi connectivity index (χ1v) is 6.27. The highest BCUT2D eigenvalue weighted by atomic mass is 16.5. The SMILES string of the molecule is CCOc1ccccc1C(C)N(C)CCNC. The number of nitrogens with one attached hydrogen (secondary N) is 1. The van der Waals surface area contributed by atoms with Crippen molar-refractivity contribution in [3.05, 3.63) is 29.8 Å². The number of nitrogens with zero attached hydrogens (tertiary/aromatic N) is 1. The molecule has 0 aromatic heterocycles. The molecule has 0 saturated heterocycles. The molecule has 0 aliphatic carbocycles. The van der Waals surface area contributed by atoms with E-state index in [9.17, 15) is 0 Å². The summed E-state index contributed by atoms with van der Waals surface area (Å²) >= 11 is 0. The van der Waals surface area contributed by atoms with E-state index < -0.39 is 0 Å². The van der Waals surface area contributed by atoms with Crippen molar-refractivity contribution < 1.29 is 4.74 Å². The Morgan fingerprint density at radius 3 is 2.71 bits per heavy atom. The van der Waals surface area contributed by atoms with Crippen LogP contribution in [0.3, 0.4) is 0 Å². The minimum absolute atomic E-state index is 0.367. The van der Waals surface area contributed by atoms with E-state index >= 15 is 0 Å². The predicted octanol–water partition coefficient (Wildman–Crippen LogP) is 2.30. The Morgan fingerprint density at radius 2 is 2.06 bits per heavy atom. The molecular weight excluding hydrogens is 212 g/mol. The van der Waals surface area contributed by atoms with Crippen molar-refractivity contribution in [2.24, 2.45) is 0 Å². The molecule has 1 aromatic carbocycles. The normalized spacial score (nSPS) is 12.8. The average Bonchev–Trinajstić information content (AvgIpc) is 2.36. The summed E-state index contributed by atoms with van der Waals surface area (Å²) in [5.74, 6) is 0.999. The Labute approximate surface area is 105 Å². The number of para-hydroxylation sites is 1. The van der Waals surface area contributed by atoms with Gasteiger partial charge in [-0.25, -0.2) is 0 Å². The van der Waals surface area contributed by atoms with E-state index in [-0.39, 0.29) is 0 Å². The largest absolute Gasteiger partial charge is 0.494 e. The standard InChI is InChI=1S/C14H24N2O/c1-5-17-14-9-7-6-8-13(14)12(2)16(4)11-10-15-3/h6-9,12,15H,5,10-11H2,1-4H3. The van der Waals surface area contributed by atoms with E-state index in [1.165, 1.54) is 5.56 Å². The van der Waals surface area contributed by atoms with Crippen LogP contribution in [0.5, 0.6) is 5.75 Å². The zero-order valence-corrected chi connectivity index (χ0v) is 11.4. The molecule has 96 valence electrons. The van der Waals surface area contributed by atoms with Gasteiger partial charge in [-0.15, -0.1) is 0 Å². The van der Waals surface area contributed by atoms with Crippen LogP contribution in [0, 0.1) is 0 Å². The van der Waals surface area contributed by atoms with Crippen molar-refractivity contribution in [2.45, 2.75) is 19.9 Å². The van der Waals surface area contributed by atoms with Crippen LogP contribution in [0.2, 0.25) is 0 Å². The first-order chi connectivity index (χ1) is 8.20. The lowest BCUT2D eigenvalue weighted by atomic mass is 10.1. The topological polar surface area (TPSA) is 24.5 Å². The number of benzene rings is 1. The maximum Gasteiger partial charge on any atom is 0.124 e. The van der Waals surface area contributed by atoms with Gasteiger partial charge in [-0.05, 0) is 34.0 Å². The second kappa shape index (κ2) is 7.30. The minimum Gasteiger partial charge on any atom is -0.494 e. The molecule has 0 aliphatic heterocycles. The zero-order chi connectivity index (χ0) is 12.7. The Morgan fingerprint density at radius 1 is 1.35 bits per heavy atom. The van der Waals surface area contributed by atoms with Gasteiger partial charge in [-0.1, -0.05) is 18.2 Å². The van der Waals surface area contributed by atoms with Gasteiger partial charge in [0.25, 0.3) is 0 Å². The summed E-state index contributed by atoms with van der Waals surface area (Å²) < 4.78 is 5.67. The summed E-state index contributed by atoms with van der Waals surface area (Å²) in [7, 11) is 4.12. The molecule has 1 aromatic rings. The van der Waals surface area contributed by atoms with E-state index in [1.54, 1.807) is 0 Å². The lowest BCUT2D eigenvalue weighted by molar-refractivity contribution is 0.252. The van der Waals surface area contributed by atoms with E-state index in [0.29, 0.717) is 12.6 Å². The van der Waals surface area contributed by atoms with E-state index in [0.717, 1.165) is 18.8 Å². The monoisotopic (exact) mass is 236 g/mol. The molecule has 17 heavy (non-hydrogen) atoms. The zero-order valence-electron chi connectivity index (χ0n) is 11.4. The smallest absolute Gasteiger partial charge is 0.124 e. The Kier molecular flexibility index (Phi) is 6.01. The molecular formula is C14H24N2O. The summed E-state index contributed by atoms with van der Waals surface area (Å²) in [6.07, 6.45) is 0. The third-order valence-corrected chi connectivity index (χ3v) is 3.04. The van der Waals surface area contributed by atoms with Crippen LogP contribution in [0.15, 0.2) is 24.3 Å². The van der Waals surface area contributed by atoms with Crippen LogP contribution in [-0.4, -0.2) is 38.7 Å². The van der Waals surface area contributed by atoms with E-state index in [2.05, 4.69) is 36.3 Å². The van der Waals surface area contributed by atoms with Crippen molar-refractivity contribution in [1.82, 2.24) is 10.2 Å². The molecule has 3 heteroatoms. The van der Waals surface area contributed by atoms with Gasteiger partial charge in [0, 0.05) is 24.7 Å². The van der Waals surface area contributed by atoms with Gasteiger partial charge < -0.3 is 10.1 Å². The molecule has 1 rings (SSSR count). The molecule has 0 aliphatic rings. The van der Waals surface area contributed by atoms with Crippen LogP contribution in [0.4, 0.5) is 0 Å². The molecule has 1 unspecified atom stereocenters. The second-order valence-corrected chi connectivity index (χ2v) is 4.23. The maximum atomic E-state index is 5.67. The van der Waals surface area contributed by atoms with Gasteiger partial charge in [0.15, 0.2) is 0 Å². The summed E-state index contributed by atoms with van der Waals surface area (Å²) in [6.45, 7) is 6.97. The summed E-state index contributed by atoms with van der Waals surface area (Å²) in [4.78, 5) is 2.33. The lowest BCUT2D eigenvalue weighted by Crippen LogP contribution is -2.29. The highest BCUT2D eigenvalue weighted by Crippen LogP contribution is 2.27. The fraction of sp³-hybridized carbons (Fsp3) is 0.571. The number of hydrogen-bond acceptors (Lipinski definition) is 3. The van der Waals surface area contributed by atoms with Gasteiger partial charge in [-0.3, -0.25) is 4.90 Å². The fourth-order valence-electron chi connectivity index (χ4n) is 1.83. The molecule has 0 amide bonds. The average molecular weight is 236 g/mol. The van der Waals surface area contributed by atoms with Crippen LogP contribution in [0.25, 0.3) is 0 Å². The van der Waals surface area contributed by atoms with Crippen molar-refractivity contribution in [3.63, 3.8) is 0 Å². The van der Waals surface area contributed by atoms with Crippen LogP contribution < -0.4 is 10.1 Å². The molecule has 0 radical (unpaired) electrons. The van der Waals surface area contributed by atoms with E-state index in [1.807, 2.05) is 26.1 Å².